The van der Waals surface area contributed by atoms with Crippen LogP contribution in [0.5, 0.6) is 0 Å². The first-order valence-electron chi connectivity index (χ1n) is 9.35. The Hall–Kier alpha value is -3.58. The van der Waals surface area contributed by atoms with Gasteiger partial charge in [-0.3, -0.25) is 4.79 Å². The Morgan fingerprint density at radius 1 is 1.14 bits per heavy atom. The molecule has 28 heavy (non-hydrogen) atoms. The summed E-state index contributed by atoms with van der Waals surface area (Å²) in [5, 5.41) is 18.3. The lowest BCUT2D eigenvalue weighted by Gasteiger charge is -2.30. The molecule has 1 heterocycles. The number of hydrogen-bond acceptors (Lipinski definition) is 6. The van der Waals surface area contributed by atoms with Crippen molar-refractivity contribution in [2.45, 2.75) is 37.8 Å². The van der Waals surface area contributed by atoms with Crippen LogP contribution in [0.3, 0.4) is 0 Å². The summed E-state index contributed by atoms with van der Waals surface area (Å²) in [6.07, 6.45) is 6.52. The molecule has 140 valence electrons. The predicted octanol–water partition coefficient (Wildman–Crippen LogP) is 2.54. The zero-order chi connectivity index (χ0) is 19.3. The van der Waals surface area contributed by atoms with Crippen molar-refractivity contribution in [3.8, 4) is 17.9 Å². The van der Waals surface area contributed by atoms with Crippen LogP contribution in [0.2, 0.25) is 0 Å². The average Bonchev–Trinajstić information content (AvgIpc) is 3.49. The molecule has 7 nitrogen and oxygen atoms in total. The molecule has 4 rings (SSSR count). The third-order valence-corrected chi connectivity index (χ3v) is 4.83. The standard InChI is InChI=1S/C21H20N6O/c22-11-14-2-5-18(6-3-14)26-21-23-12-16(20(27-21)25-17-7-8-17)4-1-15-9-19(10-15)24-13-28/h2-3,5-6,12-13,15,17,19H,7-10H2,(H,24,28)(H2,23,25,26,27). The highest BCUT2D eigenvalue weighted by Gasteiger charge is 2.27. The van der Waals surface area contributed by atoms with Gasteiger partial charge < -0.3 is 16.0 Å². The second-order valence-corrected chi connectivity index (χ2v) is 7.11. The molecule has 2 fully saturated rings. The third kappa shape index (κ3) is 4.39. The van der Waals surface area contributed by atoms with Crippen LogP contribution in [0.25, 0.3) is 0 Å². The van der Waals surface area contributed by atoms with Gasteiger partial charge >= 0.3 is 0 Å². The van der Waals surface area contributed by atoms with Gasteiger partial charge in [0.25, 0.3) is 0 Å². The number of nitrogens with one attached hydrogen (secondary N) is 3. The van der Waals surface area contributed by atoms with Gasteiger partial charge in [0, 0.05) is 23.7 Å². The van der Waals surface area contributed by atoms with Crippen LogP contribution in [-0.4, -0.2) is 28.5 Å². The predicted molar refractivity (Wildman–Crippen MR) is 106 cm³/mol. The first-order chi connectivity index (χ1) is 13.7. The molecule has 0 aliphatic heterocycles. The van der Waals surface area contributed by atoms with Crippen molar-refractivity contribution >= 4 is 23.9 Å². The highest BCUT2D eigenvalue weighted by atomic mass is 16.1. The van der Waals surface area contributed by atoms with Crippen molar-refractivity contribution in [1.29, 1.82) is 5.26 Å². The van der Waals surface area contributed by atoms with E-state index in [-0.39, 0.29) is 6.04 Å². The van der Waals surface area contributed by atoms with Crippen LogP contribution in [0.1, 0.15) is 36.8 Å². The topological polar surface area (TPSA) is 103 Å². The van der Waals surface area contributed by atoms with Crippen molar-refractivity contribution in [3.63, 3.8) is 0 Å². The zero-order valence-corrected chi connectivity index (χ0v) is 15.3. The number of nitriles is 1. The fourth-order valence-corrected chi connectivity index (χ4v) is 2.97. The summed E-state index contributed by atoms with van der Waals surface area (Å²) < 4.78 is 0. The number of carbonyl (C=O) groups is 1. The highest BCUT2D eigenvalue weighted by molar-refractivity contribution is 5.60. The summed E-state index contributed by atoms with van der Waals surface area (Å²) in [7, 11) is 0. The van der Waals surface area contributed by atoms with Crippen molar-refractivity contribution in [3.05, 3.63) is 41.6 Å². The van der Waals surface area contributed by atoms with E-state index in [2.05, 4.69) is 43.8 Å². The van der Waals surface area contributed by atoms with Gasteiger partial charge in [-0.1, -0.05) is 11.8 Å². The summed E-state index contributed by atoms with van der Waals surface area (Å²) in [6.45, 7) is 0. The van der Waals surface area contributed by atoms with Gasteiger partial charge in [-0.15, -0.1) is 0 Å². The van der Waals surface area contributed by atoms with Crippen LogP contribution >= 0.6 is 0 Å². The van der Waals surface area contributed by atoms with Crippen LogP contribution in [0.15, 0.2) is 30.5 Å². The maximum atomic E-state index is 10.5. The Labute approximate surface area is 163 Å². The van der Waals surface area contributed by atoms with Crippen molar-refractivity contribution in [2.24, 2.45) is 5.92 Å². The second kappa shape index (κ2) is 7.98. The Kier molecular flexibility index (Phi) is 5.07. The molecule has 0 saturated heterocycles. The molecule has 2 saturated carbocycles. The number of rotatable bonds is 6. The van der Waals surface area contributed by atoms with Crippen LogP contribution in [0, 0.1) is 29.1 Å². The number of nitrogens with zero attached hydrogens (tertiary/aromatic N) is 3. The largest absolute Gasteiger partial charge is 0.366 e. The maximum absolute atomic E-state index is 10.5. The quantitative estimate of drug-likeness (QED) is 0.532. The van der Waals surface area contributed by atoms with Crippen molar-refractivity contribution in [1.82, 2.24) is 15.3 Å². The monoisotopic (exact) mass is 372 g/mol. The van der Waals surface area contributed by atoms with Gasteiger partial charge in [-0.2, -0.15) is 10.2 Å². The summed E-state index contributed by atoms with van der Waals surface area (Å²) in [5.74, 6) is 7.98. The van der Waals surface area contributed by atoms with E-state index in [1.807, 2.05) is 12.1 Å². The minimum atomic E-state index is 0.246. The number of hydrogen-bond donors (Lipinski definition) is 3. The fraction of sp³-hybridized carbons (Fsp3) is 0.333. The van der Waals surface area contributed by atoms with Gasteiger partial charge in [-0.25, -0.2) is 4.98 Å². The van der Waals surface area contributed by atoms with Crippen LogP contribution in [0.4, 0.5) is 17.5 Å². The minimum Gasteiger partial charge on any atom is -0.366 e. The summed E-state index contributed by atoms with van der Waals surface area (Å²) in [4.78, 5) is 19.4. The number of amides is 1. The van der Waals surface area contributed by atoms with Crippen molar-refractivity contribution < 1.29 is 4.79 Å². The smallest absolute Gasteiger partial charge is 0.229 e. The molecule has 3 N–H and O–H groups in total. The van der Waals surface area contributed by atoms with E-state index in [1.54, 1.807) is 18.3 Å². The first kappa shape index (κ1) is 17.8. The van der Waals surface area contributed by atoms with Gasteiger partial charge in [0.05, 0.1) is 23.4 Å². The van der Waals surface area contributed by atoms with E-state index < -0.39 is 0 Å². The average molecular weight is 372 g/mol. The number of benzene rings is 1. The van der Waals surface area contributed by atoms with E-state index in [9.17, 15) is 4.79 Å². The van der Waals surface area contributed by atoms with E-state index in [0.29, 0.717) is 23.5 Å². The molecule has 1 amide bonds. The Morgan fingerprint density at radius 2 is 1.93 bits per heavy atom. The van der Waals surface area contributed by atoms with Crippen LogP contribution in [-0.2, 0) is 4.79 Å². The first-order valence-corrected chi connectivity index (χ1v) is 9.35. The molecule has 7 heteroatoms. The zero-order valence-electron chi connectivity index (χ0n) is 15.3. The number of anilines is 3. The lowest BCUT2D eigenvalue weighted by Crippen LogP contribution is -2.39. The maximum Gasteiger partial charge on any atom is 0.229 e. The lowest BCUT2D eigenvalue weighted by molar-refractivity contribution is -0.110. The van der Waals surface area contributed by atoms with E-state index in [0.717, 1.165) is 49.2 Å². The molecule has 1 aromatic carbocycles. The Morgan fingerprint density at radius 3 is 2.61 bits per heavy atom. The molecule has 0 unspecified atom stereocenters. The molecule has 2 aromatic rings. The molecule has 1 aromatic heterocycles. The Bertz CT molecular complexity index is 959. The Balaban J connectivity index is 1.48. The SMILES string of the molecule is N#Cc1ccc(Nc2ncc(C#CC3CC(NC=O)C3)c(NC3CC3)n2)cc1. The molecule has 0 spiro atoms. The summed E-state index contributed by atoms with van der Waals surface area (Å²) in [6, 6.07) is 9.93. The van der Waals surface area contributed by atoms with Gasteiger partial charge in [0.2, 0.25) is 12.4 Å². The fourth-order valence-electron chi connectivity index (χ4n) is 2.97. The molecule has 0 radical (unpaired) electrons. The molecular weight excluding hydrogens is 352 g/mol. The van der Waals surface area contributed by atoms with Gasteiger partial charge in [0.1, 0.15) is 5.82 Å². The van der Waals surface area contributed by atoms with E-state index in [1.165, 1.54) is 0 Å². The van der Waals surface area contributed by atoms with Crippen molar-refractivity contribution in [2.75, 3.05) is 10.6 Å². The minimum absolute atomic E-state index is 0.246. The van der Waals surface area contributed by atoms with Crippen LogP contribution < -0.4 is 16.0 Å². The summed E-state index contributed by atoms with van der Waals surface area (Å²) in [5.41, 5.74) is 2.21. The molecule has 0 bridgehead atoms. The second-order valence-electron chi connectivity index (χ2n) is 7.11. The molecule has 2 aliphatic carbocycles. The molecule has 2 aliphatic rings. The number of carbonyl (C=O) groups excluding carboxylic acids is 1. The van der Waals surface area contributed by atoms with E-state index >= 15 is 0 Å². The lowest BCUT2D eigenvalue weighted by atomic mass is 9.81. The van der Waals surface area contributed by atoms with E-state index in [4.69, 9.17) is 5.26 Å². The molecule has 0 atom stereocenters. The third-order valence-electron chi connectivity index (χ3n) is 4.83. The highest BCUT2D eigenvalue weighted by Crippen LogP contribution is 2.28. The molecular formula is C21H20N6O. The van der Waals surface area contributed by atoms with Gasteiger partial charge in [0.15, 0.2) is 0 Å². The normalized spacial score (nSPS) is 20.0. The summed E-state index contributed by atoms with van der Waals surface area (Å²) >= 11 is 0. The number of aromatic nitrogens is 2. The van der Waals surface area contributed by atoms with Gasteiger partial charge in [-0.05, 0) is 49.9 Å².